The van der Waals surface area contributed by atoms with Crippen molar-refractivity contribution >= 4 is 22.4 Å². The van der Waals surface area contributed by atoms with Gasteiger partial charge in [0.2, 0.25) is 69.3 Å². The van der Waals surface area contributed by atoms with Crippen LogP contribution in [0.15, 0.2) is 5.38 Å². The van der Waals surface area contributed by atoms with Gasteiger partial charge in [0, 0.05) is 0 Å². The molecule has 16 heteroatoms. The number of benzene rings is 2. The van der Waals surface area contributed by atoms with E-state index in [4.69, 9.17) is 11.8 Å². The Morgan fingerprint density at radius 2 is 1.07 bits per heavy atom. The van der Waals surface area contributed by atoms with Gasteiger partial charge in [-0.3, -0.25) is 0 Å². The minimum absolute atomic E-state index is 0.197. The highest BCUT2D eigenvalue weighted by atomic mass is 35.5. The van der Waals surface area contributed by atoms with E-state index in [0.29, 0.717) is 5.38 Å². The van der Waals surface area contributed by atoms with E-state index in [9.17, 15) is 43.9 Å². The second-order valence-corrected chi connectivity index (χ2v) is 7.04. The number of aromatic nitrogens is 3. The fourth-order valence-electron chi connectivity index (χ4n) is 2.08. The molecule has 1 unspecified atom stereocenters. The first kappa shape index (κ1) is 21.9. The molecule has 3 aromatic rings. The predicted molar refractivity (Wildman–Crippen MR) is 81.9 cm³/mol. The van der Waals surface area contributed by atoms with Crippen molar-refractivity contribution in [2.75, 3.05) is 0 Å². The zero-order valence-corrected chi connectivity index (χ0v) is 15.1. The number of ether oxygens (including phenoxy) is 1. The Labute approximate surface area is 165 Å². The maximum atomic E-state index is 14.0. The van der Waals surface area contributed by atoms with Gasteiger partial charge in [-0.1, -0.05) is 8.80 Å². The summed E-state index contributed by atoms with van der Waals surface area (Å²) in [5.74, 6) is -26.4. The topological polar surface area (TPSA) is 45.7 Å². The maximum absolute atomic E-state index is 14.0. The lowest BCUT2D eigenvalue weighted by atomic mass is 10.2. The number of aromatic amines is 2. The molecule has 0 fully saturated rings. The first-order valence-corrected chi connectivity index (χ1v) is 8.72. The summed E-state index contributed by atoms with van der Waals surface area (Å²) < 4.78 is 142. The third kappa shape index (κ3) is 3.47. The van der Waals surface area contributed by atoms with Crippen molar-refractivity contribution in [2.45, 2.75) is 0 Å². The molecule has 2 aromatic carbocycles. The number of nitrogens with zero attached hydrogens (tertiary/aromatic N) is 1. The molecule has 0 radical (unpaired) electrons. The van der Waals surface area contributed by atoms with E-state index in [-0.39, 0.29) is 4.32 Å². The van der Waals surface area contributed by atoms with Crippen LogP contribution in [0.3, 0.4) is 0 Å². The highest BCUT2D eigenvalue weighted by Gasteiger charge is 2.34. The van der Waals surface area contributed by atoms with E-state index in [1.165, 1.54) is 0 Å². The normalized spacial score (nSPS) is 11.8. The van der Waals surface area contributed by atoms with Crippen molar-refractivity contribution in [1.82, 2.24) is 13.9 Å². The minimum Gasteiger partial charge on any atom is -0.429 e. The van der Waals surface area contributed by atoms with Crippen LogP contribution in [-0.4, -0.2) is 13.9 Å². The molecule has 162 valence electrons. The zero-order chi connectivity index (χ0) is 22.5. The number of hydrogen-bond acceptors (Lipinski definition) is 1. The number of H-pyrrole nitrogens is 2. The summed E-state index contributed by atoms with van der Waals surface area (Å²) in [6.45, 7) is 0. The summed E-state index contributed by atoms with van der Waals surface area (Å²) in [4.78, 5) is -1.45. The fraction of sp³-hybridized carbons (Fsp3) is 0. The van der Waals surface area contributed by atoms with Crippen LogP contribution in [-0.2, 0) is 0 Å². The Bertz CT molecular complexity index is 1150. The average Bonchev–Trinajstić information content (AvgIpc) is 2.71. The average molecular weight is 487 g/mol. The quantitative estimate of drug-likeness (QED) is 0.197. The van der Waals surface area contributed by atoms with Crippen molar-refractivity contribution in [1.29, 1.82) is 0 Å². The Morgan fingerprint density at radius 1 is 0.667 bits per heavy atom. The molecular weight excluding hydrogens is 484 g/mol. The summed E-state index contributed by atoms with van der Waals surface area (Å²) >= 11 is 5.50. The molecule has 30 heavy (non-hydrogen) atoms. The zero-order valence-electron chi connectivity index (χ0n) is 13.5. The molecular formula is C14H3ClF10N3OS+. The predicted octanol–water partition coefficient (Wildman–Crippen LogP) is 6.19. The van der Waals surface area contributed by atoms with Gasteiger partial charge in [-0.2, -0.15) is 17.6 Å². The monoisotopic (exact) mass is 486 g/mol. The molecule has 4 nitrogen and oxygen atoms in total. The number of nitrogens with one attached hydrogen (secondary N) is 2. The molecule has 1 heterocycles. The van der Waals surface area contributed by atoms with E-state index >= 15 is 0 Å². The van der Waals surface area contributed by atoms with Crippen molar-refractivity contribution in [2.24, 2.45) is 0 Å². The Hall–Kier alpha value is -2.81. The molecule has 0 amide bonds. The van der Waals surface area contributed by atoms with Gasteiger partial charge in [0.05, 0.1) is 11.8 Å². The first-order valence-electron chi connectivity index (χ1n) is 7.10. The molecule has 0 aliphatic heterocycles. The molecule has 0 spiro atoms. The van der Waals surface area contributed by atoms with E-state index in [1.54, 1.807) is 0 Å². The highest BCUT2D eigenvalue weighted by molar-refractivity contribution is 7.33. The van der Waals surface area contributed by atoms with Gasteiger partial charge in [-0.25, -0.2) is 31.4 Å². The molecule has 1 atom stereocenters. The van der Waals surface area contributed by atoms with Crippen LogP contribution in [0.4, 0.5) is 43.9 Å². The van der Waals surface area contributed by atoms with Crippen LogP contribution in [0, 0.1) is 58.2 Å². The lowest BCUT2D eigenvalue weighted by Crippen LogP contribution is -2.07. The summed E-state index contributed by atoms with van der Waals surface area (Å²) in [7, 11) is -2.33. The lowest BCUT2D eigenvalue weighted by molar-refractivity contribution is 0.325. The second kappa shape index (κ2) is 7.79. The Balaban J connectivity index is 2.19. The van der Waals surface area contributed by atoms with E-state index < -0.39 is 85.4 Å². The molecule has 0 saturated carbocycles. The minimum atomic E-state index is -2.48. The van der Waals surface area contributed by atoms with Crippen LogP contribution in [0.2, 0.25) is 0 Å². The molecule has 0 bridgehead atoms. The standard InChI is InChI=1S/C14H3ClF10N3OS/c15-28-26-2(29-13-9(22)5(18)3(16)6(19)10(13)23)1-30(27-28)14-11(24)7(20)4(17)8(21)12(14)25/h1,26-27H/q+1. The smallest absolute Gasteiger partial charge is 0.280 e. The summed E-state index contributed by atoms with van der Waals surface area (Å²) in [6, 6.07) is 0. The summed E-state index contributed by atoms with van der Waals surface area (Å²) in [5.41, 5.74) is 0. The fourth-order valence-corrected chi connectivity index (χ4v) is 3.75. The summed E-state index contributed by atoms with van der Waals surface area (Å²) in [6.07, 6.45) is 0. The highest BCUT2D eigenvalue weighted by Crippen LogP contribution is 2.39. The van der Waals surface area contributed by atoms with Gasteiger partial charge in [0.25, 0.3) is 10.8 Å². The van der Waals surface area contributed by atoms with Crippen molar-refractivity contribution < 1.29 is 48.6 Å². The molecule has 0 aliphatic carbocycles. The van der Waals surface area contributed by atoms with Gasteiger partial charge in [-0.05, 0) is 0 Å². The van der Waals surface area contributed by atoms with Gasteiger partial charge in [0.1, 0.15) is 10.7 Å². The van der Waals surface area contributed by atoms with E-state index in [1.807, 2.05) is 9.59 Å². The van der Waals surface area contributed by atoms with E-state index in [2.05, 4.69) is 4.74 Å². The number of hydrogen-bond donors (Lipinski definition) is 2. The van der Waals surface area contributed by atoms with Gasteiger partial charge in [0.15, 0.2) is 0 Å². The van der Waals surface area contributed by atoms with Crippen molar-refractivity contribution in [3.8, 4) is 16.5 Å². The largest absolute Gasteiger partial charge is 0.429 e. The second-order valence-electron chi connectivity index (χ2n) is 5.20. The maximum Gasteiger partial charge on any atom is 0.280 e. The third-order valence-electron chi connectivity index (χ3n) is 3.38. The van der Waals surface area contributed by atoms with Crippen LogP contribution >= 0.6 is 22.4 Å². The third-order valence-corrected chi connectivity index (χ3v) is 5.28. The molecule has 0 saturated heterocycles. The SMILES string of the molecule is Fc1c(F)c(F)c(Oc2c[s+](-c3c(F)c(F)c(F)c(F)c3F)[nH]n(Cl)[nH]2)c(F)c1F. The van der Waals surface area contributed by atoms with Crippen LogP contribution in [0.1, 0.15) is 0 Å². The van der Waals surface area contributed by atoms with Crippen LogP contribution in [0.25, 0.3) is 4.90 Å². The van der Waals surface area contributed by atoms with Gasteiger partial charge >= 0.3 is 0 Å². The molecule has 2 N–H and O–H groups in total. The van der Waals surface area contributed by atoms with Crippen molar-refractivity contribution in [3.05, 3.63) is 63.6 Å². The Morgan fingerprint density at radius 3 is 1.53 bits per heavy atom. The van der Waals surface area contributed by atoms with E-state index in [0.717, 1.165) is 0 Å². The van der Waals surface area contributed by atoms with Gasteiger partial charge in [-0.15, -0.1) is 0 Å². The molecule has 0 aliphatic rings. The van der Waals surface area contributed by atoms with Crippen LogP contribution in [0.5, 0.6) is 11.6 Å². The van der Waals surface area contributed by atoms with Gasteiger partial charge < -0.3 is 4.74 Å². The molecule has 3 rings (SSSR count). The Kier molecular flexibility index (Phi) is 5.68. The number of rotatable bonds is 3. The first-order chi connectivity index (χ1) is 14.0. The summed E-state index contributed by atoms with van der Waals surface area (Å²) in [5, 5.41) is 2.40. The van der Waals surface area contributed by atoms with Crippen molar-refractivity contribution in [3.63, 3.8) is 0 Å². The number of halogens is 11. The lowest BCUT2D eigenvalue weighted by Gasteiger charge is -2.10. The van der Waals surface area contributed by atoms with Crippen LogP contribution < -0.4 is 4.74 Å². The molecule has 1 aromatic heterocycles.